The van der Waals surface area contributed by atoms with Crippen molar-refractivity contribution in [1.82, 2.24) is 0 Å². The van der Waals surface area contributed by atoms with Gasteiger partial charge in [0.1, 0.15) is 42.0 Å². The second-order valence-electron chi connectivity index (χ2n) is 9.05. The van der Waals surface area contributed by atoms with E-state index in [9.17, 15) is 18.7 Å². The summed E-state index contributed by atoms with van der Waals surface area (Å²) in [5.74, 6) is -1.82. The number of rotatable bonds is 4. The van der Waals surface area contributed by atoms with Crippen molar-refractivity contribution in [2.24, 2.45) is 0 Å². The number of piperidine rings is 1. The Balaban J connectivity index is 0.00000231. The predicted molar refractivity (Wildman–Crippen MR) is 103 cm³/mol. The van der Waals surface area contributed by atoms with E-state index in [0.717, 1.165) is 4.48 Å². The Morgan fingerprint density at radius 3 is 1.81 bits per heavy atom. The molecular weight excluding hydrogens is 472 g/mol. The lowest BCUT2D eigenvalue weighted by Crippen LogP contribution is -3.00. The fraction of sp³-hybridized carbons (Fsp3) is 0.435. The molecule has 3 saturated heterocycles. The molecule has 3 heterocycles. The van der Waals surface area contributed by atoms with Gasteiger partial charge in [0.25, 0.3) is 0 Å². The SMILES string of the molecule is C[N+]1(C)C2CC(OC(=O)C(O)(c3ccc(F)cc3)c3ccc(F)cc3)C[C@H]1[C@H]1OC21.[Br-]. The molecule has 3 aliphatic rings. The zero-order valence-electron chi connectivity index (χ0n) is 17.2. The third-order valence-corrected chi connectivity index (χ3v) is 7.13. The number of fused-ring (bicyclic) bond motifs is 5. The van der Waals surface area contributed by atoms with Crippen molar-refractivity contribution in [1.29, 1.82) is 0 Å². The number of morpholine rings is 1. The zero-order chi connectivity index (χ0) is 21.3. The molecule has 31 heavy (non-hydrogen) atoms. The first kappa shape index (κ1) is 22.3. The molecule has 8 heteroatoms. The number of carbonyl (C=O) groups is 1. The van der Waals surface area contributed by atoms with E-state index in [-0.39, 0.29) is 58.5 Å². The maximum absolute atomic E-state index is 13.4. The van der Waals surface area contributed by atoms with Gasteiger partial charge in [-0.25, -0.2) is 13.6 Å². The molecule has 5 atom stereocenters. The van der Waals surface area contributed by atoms with Crippen LogP contribution in [-0.4, -0.2) is 60.0 Å². The van der Waals surface area contributed by atoms with Crippen LogP contribution in [0.1, 0.15) is 24.0 Å². The number of quaternary nitrogens is 1. The van der Waals surface area contributed by atoms with Crippen LogP contribution in [-0.2, 0) is 19.9 Å². The average molecular weight is 496 g/mol. The van der Waals surface area contributed by atoms with Crippen molar-refractivity contribution < 1.29 is 49.6 Å². The Morgan fingerprint density at radius 1 is 0.968 bits per heavy atom. The van der Waals surface area contributed by atoms with E-state index in [0.29, 0.717) is 12.8 Å². The fourth-order valence-electron chi connectivity index (χ4n) is 5.32. The molecule has 0 aliphatic carbocycles. The largest absolute Gasteiger partial charge is 1.00 e. The summed E-state index contributed by atoms with van der Waals surface area (Å²) in [5, 5.41) is 11.5. The van der Waals surface area contributed by atoms with Crippen LogP contribution < -0.4 is 17.0 Å². The second kappa shape index (κ2) is 7.62. The Kier molecular flexibility index (Phi) is 5.49. The highest BCUT2D eigenvalue weighted by atomic mass is 79.9. The molecule has 3 fully saturated rings. The molecule has 5 rings (SSSR count). The maximum atomic E-state index is 13.4. The van der Waals surface area contributed by atoms with E-state index < -0.39 is 23.2 Å². The van der Waals surface area contributed by atoms with Crippen molar-refractivity contribution in [2.75, 3.05) is 14.1 Å². The highest BCUT2D eigenvalue weighted by Crippen LogP contribution is 2.51. The highest BCUT2D eigenvalue weighted by molar-refractivity contribution is 5.85. The summed E-state index contributed by atoms with van der Waals surface area (Å²) in [6.45, 7) is 0. The van der Waals surface area contributed by atoms with Gasteiger partial charge >= 0.3 is 5.97 Å². The number of nitrogens with zero attached hydrogens (tertiary/aromatic N) is 1. The molecule has 3 aliphatic heterocycles. The quantitative estimate of drug-likeness (QED) is 0.353. The third kappa shape index (κ3) is 3.50. The number of halogens is 3. The number of hydrogen-bond acceptors (Lipinski definition) is 4. The van der Waals surface area contributed by atoms with Gasteiger partial charge in [-0.1, -0.05) is 24.3 Å². The van der Waals surface area contributed by atoms with E-state index >= 15 is 0 Å². The maximum Gasteiger partial charge on any atom is 0.347 e. The monoisotopic (exact) mass is 495 g/mol. The van der Waals surface area contributed by atoms with Crippen LogP contribution in [0.2, 0.25) is 0 Å². The summed E-state index contributed by atoms with van der Waals surface area (Å²) in [4.78, 5) is 13.3. The molecule has 0 amide bonds. The molecule has 3 unspecified atom stereocenters. The summed E-state index contributed by atoms with van der Waals surface area (Å²) in [5.41, 5.74) is -1.83. The molecular formula is C23H24BrF2NO4. The van der Waals surface area contributed by atoms with Gasteiger partial charge in [-0.05, 0) is 35.4 Å². The molecule has 2 aromatic carbocycles. The molecule has 2 bridgehead atoms. The summed E-state index contributed by atoms with van der Waals surface area (Å²) < 4.78 is 39.3. The van der Waals surface area contributed by atoms with Crippen molar-refractivity contribution in [3.63, 3.8) is 0 Å². The summed E-state index contributed by atoms with van der Waals surface area (Å²) >= 11 is 0. The lowest BCUT2D eigenvalue weighted by atomic mass is 9.86. The van der Waals surface area contributed by atoms with Gasteiger partial charge < -0.3 is 36.0 Å². The summed E-state index contributed by atoms with van der Waals surface area (Å²) in [6.07, 6.45) is 1.38. The first-order valence-electron chi connectivity index (χ1n) is 10.2. The lowest BCUT2D eigenvalue weighted by Gasteiger charge is -2.45. The number of carbonyl (C=O) groups excluding carboxylic acids is 1. The number of likely N-dealkylation sites (N-methyl/N-ethyl adjacent to an activating group) is 1. The second-order valence-corrected chi connectivity index (χ2v) is 9.05. The van der Waals surface area contributed by atoms with Crippen LogP contribution >= 0.6 is 0 Å². The van der Waals surface area contributed by atoms with Crippen LogP contribution in [0.5, 0.6) is 0 Å². The molecule has 0 aromatic heterocycles. The van der Waals surface area contributed by atoms with Gasteiger partial charge in [-0.15, -0.1) is 0 Å². The van der Waals surface area contributed by atoms with Crippen LogP contribution in [0.4, 0.5) is 8.78 Å². The zero-order valence-corrected chi connectivity index (χ0v) is 18.8. The minimum atomic E-state index is -2.16. The van der Waals surface area contributed by atoms with E-state index in [2.05, 4.69) is 14.1 Å². The molecule has 2 aromatic rings. The van der Waals surface area contributed by atoms with Crippen molar-refractivity contribution in [3.8, 4) is 0 Å². The van der Waals surface area contributed by atoms with Crippen molar-refractivity contribution in [2.45, 2.75) is 48.8 Å². The Bertz CT molecular complexity index is 917. The molecule has 166 valence electrons. The predicted octanol–water partition coefficient (Wildman–Crippen LogP) is -0.495. The number of aliphatic hydroxyl groups is 1. The minimum Gasteiger partial charge on any atom is -1.00 e. The van der Waals surface area contributed by atoms with Crippen LogP contribution in [0.15, 0.2) is 48.5 Å². The molecule has 0 radical (unpaired) electrons. The van der Waals surface area contributed by atoms with Gasteiger partial charge in [-0.3, -0.25) is 0 Å². The molecule has 0 spiro atoms. The lowest BCUT2D eigenvalue weighted by molar-refractivity contribution is -0.938. The average Bonchev–Trinajstić information content (AvgIpc) is 3.47. The van der Waals surface area contributed by atoms with Crippen LogP contribution in [0.25, 0.3) is 0 Å². The molecule has 0 saturated carbocycles. The first-order valence-corrected chi connectivity index (χ1v) is 10.2. The normalized spacial score (nSPS) is 30.2. The Morgan fingerprint density at radius 2 is 1.39 bits per heavy atom. The first-order chi connectivity index (χ1) is 14.2. The van der Waals surface area contributed by atoms with Crippen molar-refractivity contribution in [3.05, 3.63) is 71.3 Å². The highest BCUT2D eigenvalue weighted by Gasteiger charge is 2.71. The van der Waals surface area contributed by atoms with Gasteiger partial charge in [0.05, 0.1) is 14.1 Å². The van der Waals surface area contributed by atoms with Gasteiger partial charge in [-0.2, -0.15) is 0 Å². The molecule has 5 nitrogen and oxygen atoms in total. The third-order valence-electron chi connectivity index (χ3n) is 7.13. The Hall–Kier alpha value is -1.87. The topological polar surface area (TPSA) is 59.1 Å². The number of epoxide rings is 1. The standard InChI is InChI=1S/C23H24F2NO4.BrH/c1-26(2)18-11-17(12-19(26)21-20(18)30-21)29-22(27)23(28,13-3-7-15(24)8-4-13)14-5-9-16(25)10-6-14;/h3-10,17-21,28H,11-12H2,1-2H3;1H/q+1;/p-1/t17?,18-,19?,20+,21?;/m0./s1. The summed E-state index contributed by atoms with van der Waals surface area (Å²) in [6, 6.07) is 10.5. The number of esters is 1. The number of ether oxygens (including phenoxy) is 2. The van der Waals surface area contributed by atoms with E-state index in [4.69, 9.17) is 9.47 Å². The van der Waals surface area contributed by atoms with Crippen LogP contribution in [0.3, 0.4) is 0 Å². The number of benzene rings is 2. The van der Waals surface area contributed by atoms with E-state index in [1.54, 1.807) is 0 Å². The van der Waals surface area contributed by atoms with Gasteiger partial charge in [0.2, 0.25) is 5.60 Å². The smallest absolute Gasteiger partial charge is 0.347 e. The minimum absolute atomic E-state index is 0. The van der Waals surface area contributed by atoms with Crippen LogP contribution in [0, 0.1) is 11.6 Å². The summed E-state index contributed by atoms with van der Waals surface area (Å²) in [7, 11) is 4.35. The van der Waals surface area contributed by atoms with Crippen molar-refractivity contribution >= 4 is 5.97 Å². The Labute approximate surface area is 189 Å². The van der Waals surface area contributed by atoms with E-state index in [1.807, 2.05) is 0 Å². The number of hydrogen-bond donors (Lipinski definition) is 1. The molecule has 1 N–H and O–H groups in total. The van der Waals surface area contributed by atoms with Gasteiger partial charge in [0.15, 0.2) is 0 Å². The fourth-order valence-corrected chi connectivity index (χ4v) is 5.32. The van der Waals surface area contributed by atoms with Gasteiger partial charge in [0, 0.05) is 12.8 Å². The van der Waals surface area contributed by atoms with E-state index in [1.165, 1.54) is 48.5 Å².